The number of ether oxygens (including phenoxy) is 1. The summed E-state index contributed by atoms with van der Waals surface area (Å²) in [6.45, 7) is 4.07. The molecule has 5 nitrogen and oxygen atoms in total. The second kappa shape index (κ2) is 4.84. The maximum atomic E-state index is 12.5. The lowest BCUT2D eigenvalue weighted by atomic mass is 10.1. The van der Waals surface area contributed by atoms with E-state index in [2.05, 4.69) is 0 Å². The van der Waals surface area contributed by atoms with E-state index in [1.165, 1.54) is 0 Å². The van der Waals surface area contributed by atoms with Gasteiger partial charge in [-0.15, -0.1) is 0 Å². The number of anilines is 2. The van der Waals surface area contributed by atoms with Crippen LogP contribution in [0.1, 0.15) is 12.5 Å². The zero-order chi connectivity index (χ0) is 14.2. The molecule has 0 aliphatic rings. The molecule has 1 heterocycles. The minimum Gasteiger partial charge on any atom is -0.485 e. The normalized spacial score (nSPS) is 10.7. The number of nitrogen functional groups attached to an aromatic ring is 1. The smallest absolute Gasteiger partial charge is 0.242 e. The fourth-order valence-electron chi connectivity index (χ4n) is 1.95. The predicted octanol–water partition coefficient (Wildman–Crippen LogP) is 2.15. The molecular weight excluding hydrogens is 244 g/mol. The van der Waals surface area contributed by atoms with Crippen molar-refractivity contribution in [2.24, 2.45) is 0 Å². The van der Waals surface area contributed by atoms with Crippen LogP contribution in [0.2, 0.25) is 0 Å². The molecule has 2 aromatic rings. The van der Waals surface area contributed by atoms with E-state index in [1.54, 1.807) is 25.1 Å². The van der Waals surface area contributed by atoms with Crippen LogP contribution in [-0.2, 0) is 0 Å². The fraction of sp³-hybridized carbons (Fsp3) is 0.357. The second-order valence-electron chi connectivity index (χ2n) is 4.56. The molecule has 0 aliphatic carbocycles. The Labute approximate surface area is 111 Å². The lowest BCUT2D eigenvalue weighted by Gasteiger charge is -2.16. The molecule has 0 unspecified atom stereocenters. The number of nitrogens with two attached hydrogens (primary N) is 1. The Morgan fingerprint density at radius 1 is 1.37 bits per heavy atom. The Bertz CT molecular complexity index is 674. The molecule has 0 atom stereocenters. The van der Waals surface area contributed by atoms with E-state index in [1.807, 2.05) is 19.9 Å². The molecule has 0 fully saturated rings. The Morgan fingerprint density at radius 2 is 2.05 bits per heavy atom. The number of hydrogen-bond acceptors (Lipinski definition) is 5. The van der Waals surface area contributed by atoms with Crippen LogP contribution in [0.15, 0.2) is 21.3 Å². The van der Waals surface area contributed by atoms with Gasteiger partial charge in [-0.3, -0.25) is 4.79 Å². The fourth-order valence-corrected chi connectivity index (χ4v) is 1.95. The van der Waals surface area contributed by atoms with Crippen LogP contribution in [0.5, 0.6) is 5.75 Å². The molecule has 0 spiro atoms. The van der Waals surface area contributed by atoms with E-state index in [4.69, 9.17) is 14.9 Å². The first-order valence-electron chi connectivity index (χ1n) is 6.13. The number of nitrogens with zero attached hydrogens (tertiary/aromatic N) is 1. The van der Waals surface area contributed by atoms with Crippen molar-refractivity contribution >= 4 is 22.5 Å². The molecule has 102 valence electrons. The van der Waals surface area contributed by atoms with E-state index in [0.717, 1.165) is 5.56 Å². The zero-order valence-electron chi connectivity index (χ0n) is 11.6. The number of benzene rings is 1. The number of aryl methyl sites for hydroxylation is 1. The highest BCUT2D eigenvalue weighted by atomic mass is 16.5. The van der Waals surface area contributed by atoms with Gasteiger partial charge in [0, 0.05) is 19.8 Å². The molecule has 0 radical (unpaired) electrons. The summed E-state index contributed by atoms with van der Waals surface area (Å²) in [5, 5.41) is 0.383. The standard InChI is InChI=1S/C14H18N2O3/c1-5-18-13-12(17)10-9(19-14(13)16(3)4)7-6-8(2)11(10)15/h6-7H,5,15H2,1-4H3. The van der Waals surface area contributed by atoms with Gasteiger partial charge in [-0.1, -0.05) is 6.07 Å². The van der Waals surface area contributed by atoms with Gasteiger partial charge >= 0.3 is 0 Å². The van der Waals surface area contributed by atoms with Gasteiger partial charge in [0.2, 0.25) is 17.1 Å². The Balaban J connectivity index is 2.90. The molecule has 1 aromatic heterocycles. The molecule has 0 aliphatic heterocycles. The lowest BCUT2D eigenvalue weighted by molar-refractivity contribution is 0.328. The first-order chi connectivity index (χ1) is 8.97. The summed E-state index contributed by atoms with van der Waals surface area (Å²) in [5.74, 6) is 0.611. The van der Waals surface area contributed by atoms with Crippen LogP contribution < -0.4 is 20.8 Å². The summed E-state index contributed by atoms with van der Waals surface area (Å²) >= 11 is 0. The summed E-state index contributed by atoms with van der Waals surface area (Å²) in [6, 6.07) is 3.59. The van der Waals surface area contributed by atoms with E-state index >= 15 is 0 Å². The lowest BCUT2D eigenvalue weighted by Crippen LogP contribution is -2.17. The van der Waals surface area contributed by atoms with Crippen LogP contribution in [0.3, 0.4) is 0 Å². The Morgan fingerprint density at radius 3 is 2.63 bits per heavy atom. The zero-order valence-corrected chi connectivity index (χ0v) is 11.6. The minimum absolute atomic E-state index is 0.206. The van der Waals surface area contributed by atoms with Crippen LogP contribution >= 0.6 is 0 Å². The van der Waals surface area contributed by atoms with E-state index in [0.29, 0.717) is 29.1 Å². The molecule has 2 rings (SSSR count). The van der Waals surface area contributed by atoms with Crippen molar-refractivity contribution in [3.05, 3.63) is 27.9 Å². The third-order valence-corrected chi connectivity index (χ3v) is 2.95. The third-order valence-electron chi connectivity index (χ3n) is 2.95. The highest BCUT2D eigenvalue weighted by Crippen LogP contribution is 2.31. The molecule has 19 heavy (non-hydrogen) atoms. The van der Waals surface area contributed by atoms with Gasteiger partial charge in [-0.25, -0.2) is 0 Å². The van der Waals surface area contributed by atoms with Gasteiger partial charge in [0.15, 0.2) is 0 Å². The predicted molar refractivity (Wildman–Crippen MR) is 77.1 cm³/mol. The van der Waals surface area contributed by atoms with Crippen molar-refractivity contribution in [2.45, 2.75) is 13.8 Å². The maximum absolute atomic E-state index is 12.5. The Hall–Kier alpha value is -2.17. The van der Waals surface area contributed by atoms with E-state index in [-0.39, 0.29) is 11.2 Å². The van der Waals surface area contributed by atoms with Gasteiger partial charge in [0.1, 0.15) is 5.58 Å². The molecule has 5 heteroatoms. The van der Waals surface area contributed by atoms with Gasteiger partial charge in [0.25, 0.3) is 0 Å². The average molecular weight is 262 g/mol. The van der Waals surface area contributed by atoms with Crippen molar-refractivity contribution < 1.29 is 9.15 Å². The number of rotatable bonds is 3. The molecule has 0 saturated carbocycles. The quantitative estimate of drug-likeness (QED) is 0.858. The third kappa shape index (κ3) is 2.12. The monoisotopic (exact) mass is 262 g/mol. The van der Waals surface area contributed by atoms with Crippen molar-refractivity contribution in [3.63, 3.8) is 0 Å². The summed E-state index contributed by atoms with van der Waals surface area (Å²) < 4.78 is 11.2. The SMILES string of the molecule is CCOc1c(N(C)C)oc2ccc(C)c(N)c2c1=O. The van der Waals surface area contributed by atoms with Crippen LogP contribution in [0.25, 0.3) is 11.0 Å². The highest BCUT2D eigenvalue weighted by molar-refractivity contribution is 5.92. The van der Waals surface area contributed by atoms with Gasteiger partial charge in [-0.05, 0) is 25.5 Å². The average Bonchev–Trinajstić information content (AvgIpc) is 2.36. The summed E-state index contributed by atoms with van der Waals surface area (Å²) in [4.78, 5) is 14.2. The summed E-state index contributed by atoms with van der Waals surface area (Å²) in [6.07, 6.45) is 0. The van der Waals surface area contributed by atoms with Crippen molar-refractivity contribution in [3.8, 4) is 5.75 Å². The van der Waals surface area contributed by atoms with Gasteiger partial charge in [0.05, 0.1) is 12.0 Å². The van der Waals surface area contributed by atoms with Crippen LogP contribution in [0, 0.1) is 6.92 Å². The largest absolute Gasteiger partial charge is 0.485 e. The molecule has 1 aromatic carbocycles. The topological polar surface area (TPSA) is 68.7 Å². The maximum Gasteiger partial charge on any atom is 0.242 e. The number of fused-ring (bicyclic) bond motifs is 1. The van der Waals surface area contributed by atoms with Gasteiger partial charge in [-0.2, -0.15) is 0 Å². The highest BCUT2D eigenvalue weighted by Gasteiger charge is 2.19. The van der Waals surface area contributed by atoms with Crippen molar-refractivity contribution in [1.82, 2.24) is 0 Å². The first-order valence-corrected chi connectivity index (χ1v) is 6.13. The number of hydrogen-bond donors (Lipinski definition) is 1. The summed E-state index contributed by atoms with van der Waals surface area (Å²) in [5.41, 5.74) is 7.51. The summed E-state index contributed by atoms with van der Waals surface area (Å²) in [7, 11) is 3.59. The van der Waals surface area contributed by atoms with Crippen molar-refractivity contribution in [2.75, 3.05) is 31.3 Å². The molecule has 0 bridgehead atoms. The van der Waals surface area contributed by atoms with Crippen LogP contribution in [-0.4, -0.2) is 20.7 Å². The van der Waals surface area contributed by atoms with E-state index in [9.17, 15) is 4.79 Å². The van der Waals surface area contributed by atoms with Crippen molar-refractivity contribution in [1.29, 1.82) is 0 Å². The molecule has 0 amide bonds. The first kappa shape index (κ1) is 13.3. The van der Waals surface area contributed by atoms with Gasteiger partial charge < -0.3 is 19.8 Å². The molecule has 2 N–H and O–H groups in total. The molecular formula is C14H18N2O3. The second-order valence-corrected chi connectivity index (χ2v) is 4.56. The van der Waals surface area contributed by atoms with E-state index < -0.39 is 0 Å². The minimum atomic E-state index is -0.229. The Kier molecular flexibility index (Phi) is 3.38. The molecule has 0 saturated heterocycles. The van der Waals surface area contributed by atoms with Crippen LogP contribution in [0.4, 0.5) is 11.6 Å².